The molecule has 318 valence electrons. The van der Waals surface area contributed by atoms with E-state index in [1.807, 2.05) is 30.5 Å². The lowest BCUT2D eigenvalue weighted by Gasteiger charge is -2.37. The Kier molecular flexibility index (Phi) is 11.8. The Morgan fingerprint density at radius 2 is 1.42 bits per heavy atom. The number of ether oxygens (including phenoxy) is 2. The third-order valence-corrected chi connectivity index (χ3v) is 13.1. The molecule has 3 fully saturated rings. The molecule has 3 saturated heterocycles. The molecule has 60 heavy (non-hydrogen) atoms. The summed E-state index contributed by atoms with van der Waals surface area (Å²) in [4.78, 5) is 86.4. The van der Waals surface area contributed by atoms with Gasteiger partial charge in [-0.15, -0.1) is 0 Å². The zero-order valence-electron chi connectivity index (χ0n) is 34.9. The lowest BCUT2D eigenvalue weighted by atomic mass is 9.88. The van der Waals surface area contributed by atoms with Crippen molar-refractivity contribution >= 4 is 29.7 Å². The lowest BCUT2D eigenvalue weighted by molar-refractivity contribution is -0.136. The second-order valence-corrected chi connectivity index (χ2v) is 16.5. The third kappa shape index (κ3) is 7.90. The summed E-state index contributed by atoms with van der Waals surface area (Å²) in [6.45, 7) is 9.04. The SMILES string of the molecule is CNC(=O)N1CCc2c(-c3cc(OC)c(CN4CCN(CCN5CCC(c6ccc7c(c6)C(=O)N(C6CCC(=O)NC6=O)C7=O)CC5)CC4)c(OC)c3)cn(C)c(=O)c2C1. The number of amides is 6. The minimum atomic E-state index is -0.965. The van der Waals surface area contributed by atoms with E-state index in [-0.39, 0.29) is 42.8 Å². The van der Waals surface area contributed by atoms with Crippen LogP contribution in [0.3, 0.4) is 0 Å². The first-order valence-electron chi connectivity index (χ1n) is 20.9. The van der Waals surface area contributed by atoms with Gasteiger partial charge in [0.15, 0.2) is 0 Å². The summed E-state index contributed by atoms with van der Waals surface area (Å²) in [5.41, 5.74) is 6.00. The molecule has 0 bridgehead atoms. The van der Waals surface area contributed by atoms with Gasteiger partial charge in [-0.25, -0.2) is 4.79 Å². The van der Waals surface area contributed by atoms with Crippen molar-refractivity contribution < 1.29 is 33.4 Å². The molecule has 16 nitrogen and oxygen atoms in total. The average Bonchev–Trinajstić information content (AvgIpc) is 3.51. The Morgan fingerprint density at radius 1 is 0.767 bits per heavy atom. The van der Waals surface area contributed by atoms with Gasteiger partial charge in [0.25, 0.3) is 17.4 Å². The van der Waals surface area contributed by atoms with Crippen molar-refractivity contribution in [1.29, 1.82) is 0 Å². The molecule has 2 aromatic carbocycles. The molecule has 3 aromatic rings. The van der Waals surface area contributed by atoms with Crippen LogP contribution < -0.4 is 25.7 Å². The Hall–Kier alpha value is -5.58. The van der Waals surface area contributed by atoms with E-state index >= 15 is 0 Å². The third-order valence-electron chi connectivity index (χ3n) is 13.1. The van der Waals surface area contributed by atoms with Crippen molar-refractivity contribution in [2.24, 2.45) is 7.05 Å². The van der Waals surface area contributed by atoms with Crippen LogP contribution in [0.2, 0.25) is 0 Å². The number of hydrogen-bond acceptors (Lipinski definition) is 11. The first-order valence-corrected chi connectivity index (χ1v) is 20.9. The summed E-state index contributed by atoms with van der Waals surface area (Å²) in [5, 5.41) is 4.92. The van der Waals surface area contributed by atoms with Gasteiger partial charge in [-0.05, 0) is 85.6 Å². The molecule has 2 N–H and O–H groups in total. The summed E-state index contributed by atoms with van der Waals surface area (Å²) in [6.07, 6.45) is 4.59. The first kappa shape index (κ1) is 41.2. The number of likely N-dealkylation sites (tertiary alicyclic amines) is 1. The molecule has 0 saturated carbocycles. The van der Waals surface area contributed by atoms with Crippen LogP contribution in [0, 0.1) is 0 Å². The van der Waals surface area contributed by atoms with E-state index in [1.54, 1.807) is 43.8 Å². The Bertz CT molecular complexity index is 2250. The van der Waals surface area contributed by atoms with Crippen LogP contribution in [0.5, 0.6) is 11.5 Å². The number of aryl methyl sites for hydroxylation is 1. The van der Waals surface area contributed by atoms with Crippen molar-refractivity contribution in [3.8, 4) is 22.6 Å². The summed E-state index contributed by atoms with van der Waals surface area (Å²) in [7, 11) is 6.69. The van der Waals surface area contributed by atoms with E-state index in [9.17, 15) is 28.8 Å². The average molecular weight is 823 g/mol. The fraction of sp³-hybridized carbons (Fsp3) is 0.500. The normalized spacial score (nSPS) is 20.6. The van der Waals surface area contributed by atoms with Gasteiger partial charge >= 0.3 is 6.03 Å². The van der Waals surface area contributed by atoms with Gasteiger partial charge in [0.1, 0.15) is 17.5 Å². The maximum Gasteiger partial charge on any atom is 0.317 e. The second-order valence-electron chi connectivity index (χ2n) is 16.5. The highest BCUT2D eigenvalue weighted by Crippen LogP contribution is 2.39. The van der Waals surface area contributed by atoms with E-state index in [4.69, 9.17) is 9.47 Å². The molecule has 5 aliphatic heterocycles. The Balaban J connectivity index is 0.838. The summed E-state index contributed by atoms with van der Waals surface area (Å²) in [6, 6.07) is 8.41. The van der Waals surface area contributed by atoms with Gasteiger partial charge in [0, 0.05) is 90.2 Å². The number of pyridine rings is 1. The number of aromatic nitrogens is 1. The minimum Gasteiger partial charge on any atom is -0.496 e. The van der Waals surface area contributed by atoms with Crippen LogP contribution in [0.15, 0.2) is 41.3 Å². The molecule has 5 aliphatic rings. The maximum absolute atomic E-state index is 13.4. The molecule has 6 amide bonds. The highest BCUT2D eigenvalue weighted by Gasteiger charge is 2.45. The second kappa shape index (κ2) is 17.2. The van der Waals surface area contributed by atoms with Crippen LogP contribution in [0.4, 0.5) is 4.79 Å². The van der Waals surface area contributed by atoms with Crippen LogP contribution in [-0.2, 0) is 36.1 Å². The Morgan fingerprint density at radius 3 is 2.07 bits per heavy atom. The molecule has 16 heteroatoms. The van der Waals surface area contributed by atoms with Crippen LogP contribution in [0.25, 0.3) is 11.1 Å². The van der Waals surface area contributed by atoms with Crippen molar-refractivity contribution in [3.63, 3.8) is 0 Å². The zero-order chi connectivity index (χ0) is 42.2. The number of carbonyl (C=O) groups excluding carboxylic acids is 5. The van der Waals surface area contributed by atoms with Crippen LogP contribution in [-0.4, -0.2) is 145 Å². The fourth-order valence-corrected chi connectivity index (χ4v) is 9.59. The molecule has 0 aliphatic carbocycles. The fourth-order valence-electron chi connectivity index (χ4n) is 9.59. The van der Waals surface area contributed by atoms with Crippen molar-refractivity contribution in [1.82, 2.24) is 39.7 Å². The predicted molar refractivity (Wildman–Crippen MR) is 222 cm³/mol. The van der Waals surface area contributed by atoms with Gasteiger partial charge < -0.3 is 29.2 Å². The van der Waals surface area contributed by atoms with Crippen LogP contribution >= 0.6 is 0 Å². The number of piperazine rings is 1. The monoisotopic (exact) mass is 822 g/mol. The van der Waals surface area contributed by atoms with Gasteiger partial charge in [-0.1, -0.05) is 6.07 Å². The van der Waals surface area contributed by atoms with Gasteiger partial charge in [-0.3, -0.25) is 44.0 Å². The van der Waals surface area contributed by atoms with E-state index in [2.05, 4.69) is 25.3 Å². The number of imide groups is 2. The number of benzene rings is 2. The summed E-state index contributed by atoms with van der Waals surface area (Å²) in [5.74, 6) is -0.188. The molecule has 1 aromatic heterocycles. The number of nitrogens with zero attached hydrogens (tertiary/aromatic N) is 6. The number of rotatable bonds is 10. The molecule has 1 unspecified atom stereocenters. The highest BCUT2D eigenvalue weighted by atomic mass is 16.5. The van der Waals surface area contributed by atoms with Gasteiger partial charge in [0.2, 0.25) is 11.8 Å². The quantitative estimate of drug-likeness (QED) is 0.288. The lowest BCUT2D eigenvalue weighted by Crippen LogP contribution is -2.54. The van der Waals surface area contributed by atoms with Crippen LogP contribution in [0.1, 0.15) is 74.6 Å². The maximum atomic E-state index is 13.4. The number of piperidine rings is 2. The summed E-state index contributed by atoms with van der Waals surface area (Å²) < 4.78 is 13.5. The largest absolute Gasteiger partial charge is 0.496 e. The first-order chi connectivity index (χ1) is 29.0. The molecule has 0 radical (unpaired) electrons. The molecular formula is C44H54N8O8. The van der Waals surface area contributed by atoms with Gasteiger partial charge in [-0.2, -0.15) is 0 Å². The number of nitrogens with one attached hydrogen (secondary N) is 2. The number of methoxy groups -OCH3 is 2. The highest BCUT2D eigenvalue weighted by molar-refractivity contribution is 6.23. The van der Waals surface area contributed by atoms with E-state index in [1.165, 1.54) is 0 Å². The smallest absolute Gasteiger partial charge is 0.317 e. The van der Waals surface area contributed by atoms with Crippen molar-refractivity contribution in [2.75, 3.05) is 80.2 Å². The molecule has 0 spiro atoms. The van der Waals surface area contributed by atoms with Crippen molar-refractivity contribution in [3.05, 3.63) is 80.3 Å². The number of hydrogen-bond donors (Lipinski definition) is 2. The minimum absolute atomic E-state index is 0.0963. The van der Waals surface area contributed by atoms with E-state index < -0.39 is 23.8 Å². The summed E-state index contributed by atoms with van der Waals surface area (Å²) >= 11 is 0. The number of fused-ring (bicyclic) bond motifs is 2. The predicted octanol–water partition coefficient (Wildman–Crippen LogP) is 2.17. The number of carbonyl (C=O) groups is 5. The van der Waals surface area contributed by atoms with Gasteiger partial charge in [0.05, 0.1) is 37.5 Å². The Labute approximate surface area is 349 Å². The zero-order valence-corrected chi connectivity index (χ0v) is 34.9. The number of urea groups is 1. The van der Waals surface area contributed by atoms with E-state index in [0.717, 1.165) is 109 Å². The molecule has 1 atom stereocenters. The molecule has 8 rings (SSSR count). The van der Waals surface area contributed by atoms with Crippen molar-refractivity contribution in [2.45, 2.75) is 57.2 Å². The van der Waals surface area contributed by atoms with E-state index in [0.29, 0.717) is 36.2 Å². The molecular weight excluding hydrogens is 769 g/mol. The topological polar surface area (TPSA) is 166 Å². The molecule has 6 heterocycles. The standard InChI is InChI=1S/C44H54N8O8/c1-45-44(58)51-14-11-30-33(24-47(2)41(55)34(30)26-51)29-22-37(59-3)35(38(23-29)60-4)25-50-19-17-49(18-20-50)16-15-48-12-9-27(10-13-48)28-5-6-31-32(21-28)43(57)52(42(31)56)36-7-8-39(53)46-40(36)54/h5-6,21-24,27,36H,7-20,25-26H2,1-4H3,(H,45,58)(H,46,53,54).